The van der Waals surface area contributed by atoms with E-state index in [-0.39, 0.29) is 12.4 Å². The van der Waals surface area contributed by atoms with Gasteiger partial charge >= 0.3 is 0 Å². The molecule has 3 aromatic carbocycles. The van der Waals surface area contributed by atoms with Crippen LogP contribution in [-0.4, -0.2) is 35.0 Å². The summed E-state index contributed by atoms with van der Waals surface area (Å²) in [5.74, 6) is 0.0280. The molecule has 0 bridgehead atoms. The van der Waals surface area contributed by atoms with Gasteiger partial charge in [0.15, 0.2) is 0 Å². The van der Waals surface area contributed by atoms with Crippen molar-refractivity contribution in [3.8, 4) is 5.75 Å². The van der Waals surface area contributed by atoms with Crippen molar-refractivity contribution in [2.75, 3.05) is 19.7 Å². The Labute approximate surface area is 210 Å². The summed E-state index contributed by atoms with van der Waals surface area (Å²) in [5, 5.41) is 33.9. The summed E-state index contributed by atoms with van der Waals surface area (Å²) >= 11 is 12.4. The topological polar surface area (TPSA) is 82.0 Å². The molecular weight excluding hydrogens is 473 g/mol. The number of hydrogen-bond acceptors (Lipinski definition) is 5. The maximum Gasteiger partial charge on any atom is 0.121 e. The van der Waals surface area contributed by atoms with Gasteiger partial charge in [0.05, 0.1) is 19.3 Å². The van der Waals surface area contributed by atoms with E-state index in [0.29, 0.717) is 47.5 Å². The number of nitrogens with one attached hydrogen (secondary N) is 1. The summed E-state index contributed by atoms with van der Waals surface area (Å²) in [6.45, 7) is 2.00. The van der Waals surface area contributed by atoms with Gasteiger partial charge in [-0.05, 0) is 72.3 Å². The van der Waals surface area contributed by atoms with E-state index in [9.17, 15) is 15.3 Å². The zero-order chi connectivity index (χ0) is 24.3. The summed E-state index contributed by atoms with van der Waals surface area (Å²) in [6, 6.07) is 18.6. The second-order valence-corrected chi connectivity index (χ2v) is 9.01. The van der Waals surface area contributed by atoms with E-state index in [2.05, 4.69) is 23.5 Å². The molecule has 7 heteroatoms. The van der Waals surface area contributed by atoms with Crippen molar-refractivity contribution in [1.29, 1.82) is 0 Å². The average Bonchev–Trinajstić information content (AvgIpc) is 2.83. The van der Waals surface area contributed by atoms with Crippen LogP contribution in [0.15, 0.2) is 60.7 Å². The molecule has 0 saturated heterocycles. The van der Waals surface area contributed by atoms with Gasteiger partial charge in [0, 0.05) is 28.8 Å². The van der Waals surface area contributed by atoms with Crippen LogP contribution in [0.1, 0.15) is 40.3 Å². The first-order valence-electron chi connectivity index (χ1n) is 11.4. The largest absolute Gasteiger partial charge is 0.508 e. The first-order chi connectivity index (χ1) is 16.5. The number of benzene rings is 3. The van der Waals surface area contributed by atoms with Gasteiger partial charge in [-0.1, -0.05) is 59.6 Å². The van der Waals surface area contributed by atoms with Crippen LogP contribution in [-0.2, 0) is 30.8 Å². The highest BCUT2D eigenvalue weighted by Gasteiger charge is 2.10. The predicted octanol–water partition coefficient (Wildman–Crippen LogP) is 5.21. The minimum Gasteiger partial charge on any atom is -0.508 e. The van der Waals surface area contributed by atoms with Gasteiger partial charge in [-0.3, -0.25) is 0 Å². The molecule has 1 atom stereocenters. The highest BCUT2D eigenvalue weighted by molar-refractivity contribution is 6.35. The van der Waals surface area contributed by atoms with Gasteiger partial charge in [0.2, 0.25) is 0 Å². The van der Waals surface area contributed by atoms with Crippen molar-refractivity contribution in [2.24, 2.45) is 0 Å². The fraction of sp³-hybridized carbons (Fsp3) is 0.333. The van der Waals surface area contributed by atoms with Crippen LogP contribution in [0, 0.1) is 0 Å². The molecule has 34 heavy (non-hydrogen) atoms. The molecule has 0 radical (unpaired) electrons. The van der Waals surface area contributed by atoms with E-state index in [0.717, 1.165) is 30.4 Å². The van der Waals surface area contributed by atoms with E-state index in [1.807, 2.05) is 24.3 Å². The number of hydrogen-bond donors (Lipinski definition) is 4. The Balaban J connectivity index is 1.36. The number of aliphatic hydroxyl groups excluding tert-OH is 2. The Bertz CT molecular complexity index is 1040. The van der Waals surface area contributed by atoms with Crippen molar-refractivity contribution in [3.05, 3.63) is 98.5 Å². The molecule has 0 aliphatic heterocycles. The second-order valence-electron chi connectivity index (χ2n) is 8.19. The molecule has 3 aromatic rings. The number of aliphatic hydroxyl groups is 2. The smallest absolute Gasteiger partial charge is 0.121 e. The SMILES string of the molecule is OCc1cc([C@@H](O)CNCCc2cccc(COCCCc3c(Cl)cccc3Cl)c2)ccc1O. The maximum atomic E-state index is 10.4. The number of phenols is 1. The normalized spacial score (nSPS) is 12.1. The molecule has 5 nitrogen and oxygen atoms in total. The lowest BCUT2D eigenvalue weighted by Crippen LogP contribution is -2.23. The van der Waals surface area contributed by atoms with Crippen LogP contribution >= 0.6 is 23.2 Å². The Morgan fingerprint density at radius 1 is 0.912 bits per heavy atom. The lowest BCUT2D eigenvalue weighted by molar-refractivity contribution is 0.118. The van der Waals surface area contributed by atoms with E-state index in [1.165, 1.54) is 11.6 Å². The first kappa shape index (κ1) is 26.5. The minimum absolute atomic E-state index is 0.0280. The summed E-state index contributed by atoms with van der Waals surface area (Å²) in [5.41, 5.74) is 4.34. The zero-order valence-electron chi connectivity index (χ0n) is 19.0. The number of halogens is 2. The average molecular weight is 504 g/mol. The van der Waals surface area contributed by atoms with Crippen LogP contribution in [0.3, 0.4) is 0 Å². The van der Waals surface area contributed by atoms with Gasteiger partial charge in [-0.2, -0.15) is 0 Å². The molecular formula is C27H31Cl2NO4. The third-order valence-corrected chi connectivity index (χ3v) is 6.33. The predicted molar refractivity (Wildman–Crippen MR) is 136 cm³/mol. The van der Waals surface area contributed by atoms with Crippen molar-refractivity contribution < 1.29 is 20.1 Å². The molecule has 0 spiro atoms. The Morgan fingerprint density at radius 2 is 1.65 bits per heavy atom. The van der Waals surface area contributed by atoms with Crippen LogP contribution < -0.4 is 5.32 Å². The van der Waals surface area contributed by atoms with Gasteiger partial charge in [-0.15, -0.1) is 0 Å². The Morgan fingerprint density at radius 3 is 2.41 bits per heavy atom. The van der Waals surface area contributed by atoms with Gasteiger partial charge in [-0.25, -0.2) is 0 Å². The van der Waals surface area contributed by atoms with Crippen LogP contribution in [0.2, 0.25) is 10.0 Å². The fourth-order valence-electron chi connectivity index (χ4n) is 3.72. The Kier molecular flexibility index (Phi) is 10.7. The van der Waals surface area contributed by atoms with Gasteiger partial charge in [0.25, 0.3) is 0 Å². The highest BCUT2D eigenvalue weighted by Crippen LogP contribution is 2.25. The van der Waals surface area contributed by atoms with Crippen LogP contribution in [0.25, 0.3) is 0 Å². The first-order valence-corrected chi connectivity index (χ1v) is 12.1. The lowest BCUT2D eigenvalue weighted by Gasteiger charge is -2.14. The molecule has 4 N–H and O–H groups in total. The van der Waals surface area contributed by atoms with Crippen molar-refractivity contribution in [3.63, 3.8) is 0 Å². The van der Waals surface area contributed by atoms with Gasteiger partial charge in [0.1, 0.15) is 5.75 Å². The van der Waals surface area contributed by atoms with E-state index < -0.39 is 6.10 Å². The number of ether oxygens (including phenoxy) is 1. The molecule has 0 unspecified atom stereocenters. The molecule has 182 valence electrons. The molecule has 3 rings (SSSR count). The van der Waals surface area contributed by atoms with Gasteiger partial charge < -0.3 is 25.4 Å². The number of rotatable bonds is 13. The van der Waals surface area contributed by atoms with Crippen molar-refractivity contribution in [2.45, 2.75) is 38.6 Å². The third-order valence-electron chi connectivity index (χ3n) is 5.62. The molecule has 0 saturated carbocycles. The second kappa shape index (κ2) is 13.7. The maximum absolute atomic E-state index is 10.4. The third kappa shape index (κ3) is 7.98. The summed E-state index contributed by atoms with van der Waals surface area (Å²) < 4.78 is 5.84. The van der Waals surface area contributed by atoms with E-state index in [4.69, 9.17) is 27.9 Å². The lowest BCUT2D eigenvalue weighted by atomic mass is 10.0. The van der Waals surface area contributed by atoms with Crippen molar-refractivity contribution >= 4 is 23.2 Å². The zero-order valence-corrected chi connectivity index (χ0v) is 20.5. The Hall–Kier alpha value is -2.12. The summed E-state index contributed by atoms with van der Waals surface area (Å²) in [4.78, 5) is 0. The van der Waals surface area contributed by atoms with Crippen LogP contribution in [0.5, 0.6) is 5.75 Å². The van der Waals surface area contributed by atoms with E-state index >= 15 is 0 Å². The van der Waals surface area contributed by atoms with E-state index in [1.54, 1.807) is 12.1 Å². The molecule has 0 aromatic heterocycles. The highest BCUT2D eigenvalue weighted by atomic mass is 35.5. The fourth-order valence-corrected chi connectivity index (χ4v) is 4.30. The number of aromatic hydroxyl groups is 1. The molecule has 0 heterocycles. The standard InChI is InChI=1S/C27H31Cl2NO4/c28-24-7-2-8-25(29)23(24)6-3-13-34-18-20-5-1-4-19(14-20)11-12-30-16-27(33)21-9-10-26(32)22(15-21)17-31/h1-2,4-5,7-10,14-15,27,30-33H,3,6,11-13,16-18H2/t27-/m0/s1. The molecule has 0 amide bonds. The quantitative estimate of drug-likeness (QED) is 0.241. The monoisotopic (exact) mass is 503 g/mol. The molecule has 0 aliphatic rings. The summed E-state index contributed by atoms with van der Waals surface area (Å²) in [7, 11) is 0. The summed E-state index contributed by atoms with van der Waals surface area (Å²) in [6.07, 6.45) is 1.73. The van der Waals surface area contributed by atoms with Crippen LogP contribution in [0.4, 0.5) is 0 Å². The molecule has 0 aliphatic carbocycles. The molecule has 0 fully saturated rings. The van der Waals surface area contributed by atoms with Crippen molar-refractivity contribution in [1.82, 2.24) is 5.32 Å². The minimum atomic E-state index is -0.716.